The van der Waals surface area contributed by atoms with Crippen molar-refractivity contribution in [2.45, 2.75) is 43.9 Å². The summed E-state index contributed by atoms with van der Waals surface area (Å²) >= 11 is 0. The Morgan fingerprint density at radius 2 is 1.94 bits per heavy atom. The van der Waals surface area contributed by atoms with E-state index in [9.17, 15) is 9.59 Å². The molecular weight excluding hydrogens is 392 g/mol. The molecule has 2 aromatic rings. The fraction of sp³-hybridized carbons (Fsp3) is 0.417. The minimum atomic E-state index is -0.121. The first-order valence-corrected chi connectivity index (χ1v) is 10.9. The van der Waals surface area contributed by atoms with Crippen molar-refractivity contribution in [2.75, 3.05) is 25.5 Å². The fourth-order valence-electron chi connectivity index (χ4n) is 4.44. The number of piperazine rings is 1. The summed E-state index contributed by atoms with van der Waals surface area (Å²) in [5, 5.41) is 9.56. The Morgan fingerprint density at radius 1 is 1.16 bits per heavy atom. The van der Waals surface area contributed by atoms with Gasteiger partial charge < -0.3 is 20.7 Å². The van der Waals surface area contributed by atoms with E-state index in [0.29, 0.717) is 13.0 Å². The Morgan fingerprint density at radius 3 is 2.68 bits per heavy atom. The zero-order chi connectivity index (χ0) is 21.6. The highest BCUT2D eigenvalue weighted by atomic mass is 16.5. The van der Waals surface area contributed by atoms with E-state index in [2.05, 4.69) is 33.0 Å². The standard InChI is InChI=1S/C24H30N4O3/c1-31-21-10-7-17(8-11-21)14-25-19-13-22-24(30)26-15-20(28(22)16-19)9-12-23(29)27-18-5-3-2-4-6-18/h2-8,10-11,19-20,22,25H,9,12-16H2,1H3,(H,26,30)(H,27,29)/t19-,20+,22-/m0/s1. The molecule has 3 N–H and O–H groups in total. The molecule has 4 rings (SSSR count). The zero-order valence-corrected chi connectivity index (χ0v) is 17.8. The number of anilines is 1. The lowest BCUT2D eigenvalue weighted by atomic mass is 10.0. The third-order valence-corrected chi connectivity index (χ3v) is 6.14. The van der Waals surface area contributed by atoms with Crippen LogP contribution in [0.4, 0.5) is 5.69 Å². The number of carbonyl (C=O) groups is 2. The summed E-state index contributed by atoms with van der Waals surface area (Å²) in [6, 6.07) is 17.8. The number of amides is 2. The third-order valence-electron chi connectivity index (χ3n) is 6.14. The van der Waals surface area contributed by atoms with Crippen molar-refractivity contribution in [3.63, 3.8) is 0 Å². The van der Waals surface area contributed by atoms with E-state index in [1.54, 1.807) is 7.11 Å². The van der Waals surface area contributed by atoms with Gasteiger partial charge in [0.25, 0.3) is 0 Å². The summed E-state index contributed by atoms with van der Waals surface area (Å²) in [5.41, 5.74) is 2.00. The molecule has 2 aliphatic rings. The predicted octanol–water partition coefficient (Wildman–Crippen LogP) is 2.14. The van der Waals surface area contributed by atoms with Crippen LogP contribution in [-0.2, 0) is 16.1 Å². The van der Waals surface area contributed by atoms with E-state index in [0.717, 1.165) is 37.4 Å². The Kier molecular flexibility index (Phi) is 6.84. The number of rotatable bonds is 8. The Bertz CT molecular complexity index is 887. The molecule has 2 saturated heterocycles. The number of methoxy groups -OCH3 is 1. The van der Waals surface area contributed by atoms with Gasteiger partial charge in [-0.15, -0.1) is 0 Å². The first kappa shape index (κ1) is 21.3. The van der Waals surface area contributed by atoms with Crippen LogP contribution in [0.3, 0.4) is 0 Å². The molecule has 0 saturated carbocycles. The normalized spacial score (nSPS) is 23.1. The predicted molar refractivity (Wildman–Crippen MR) is 120 cm³/mol. The molecule has 0 aliphatic carbocycles. The molecule has 0 spiro atoms. The van der Waals surface area contributed by atoms with Gasteiger partial charge >= 0.3 is 0 Å². The van der Waals surface area contributed by atoms with Gasteiger partial charge in [-0.05, 0) is 42.7 Å². The van der Waals surface area contributed by atoms with Gasteiger partial charge in [-0.1, -0.05) is 30.3 Å². The molecule has 164 valence electrons. The highest BCUT2D eigenvalue weighted by Gasteiger charge is 2.43. The van der Waals surface area contributed by atoms with Gasteiger partial charge in [-0.2, -0.15) is 0 Å². The monoisotopic (exact) mass is 422 g/mol. The van der Waals surface area contributed by atoms with E-state index in [-0.39, 0.29) is 29.9 Å². The maximum Gasteiger partial charge on any atom is 0.237 e. The van der Waals surface area contributed by atoms with Crippen LogP contribution >= 0.6 is 0 Å². The highest BCUT2D eigenvalue weighted by Crippen LogP contribution is 2.26. The van der Waals surface area contributed by atoms with Crippen molar-refractivity contribution < 1.29 is 14.3 Å². The quantitative estimate of drug-likeness (QED) is 0.607. The van der Waals surface area contributed by atoms with Gasteiger partial charge in [-0.3, -0.25) is 14.5 Å². The zero-order valence-electron chi connectivity index (χ0n) is 17.8. The smallest absolute Gasteiger partial charge is 0.237 e. The van der Waals surface area contributed by atoms with Gasteiger partial charge in [0.15, 0.2) is 0 Å². The number of carbonyl (C=O) groups excluding carboxylic acids is 2. The summed E-state index contributed by atoms with van der Waals surface area (Å²) < 4.78 is 5.21. The van der Waals surface area contributed by atoms with Crippen LogP contribution < -0.4 is 20.7 Å². The van der Waals surface area contributed by atoms with Crippen LogP contribution in [0.25, 0.3) is 0 Å². The first-order chi connectivity index (χ1) is 15.1. The van der Waals surface area contributed by atoms with E-state index < -0.39 is 0 Å². The van der Waals surface area contributed by atoms with Crippen molar-refractivity contribution in [3.05, 3.63) is 60.2 Å². The minimum absolute atomic E-state index is 0.00743. The number of fused-ring (bicyclic) bond motifs is 1. The minimum Gasteiger partial charge on any atom is -0.497 e. The van der Waals surface area contributed by atoms with Gasteiger partial charge in [0, 0.05) is 43.8 Å². The number of nitrogens with one attached hydrogen (secondary N) is 3. The van der Waals surface area contributed by atoms with Gasteiger partial charge in [0.2, 0.25) is 11.8 Å². The van der Waals surface area contributed by atoms with Gasteiger partial charge in [0.1, 0.15) is 5.75 Å². The molecule has 2 aromatic carbocycles. The summed E-state index contributed by atoms with van der Waals surface area (Å²) in [5.74, 6) is 0.948. The number of nitrogens with zero attached hydrogens (tertiary/aromatic N) is 1. The lowest BCUT2D eigenvalue weighted by Crippen LogP contribution is -2.57. The largest absolute Gasteiger partial charge is 0.497 e. The van der Waals surface area contributed by atoms with Crippen LogP contribution in [0.2, 0.25) is 0 Å². The Hall–Kier alpha value is -2.90. The number of hydrogen-bond donors (Lipinski definition) is 3. The van der Waals surface area contributed by atoms with E-state index in [1.807, 2.05) is 42.5 Å². The summed E-state index contributed by atoms with van der Waals surface area (Å²) in [6.07, 6.45) is 1.94. The van der Waals surface area contributed by atoms with Crippen LogP contribution in [0.5, 0.6) is 5.75 Å². The molecule has 2 fully saturated rings. The highest BCUT2D eigenvalue weighted by molar-refractivity contribution is 5.90. The first-order valence-electron chi connectivity index (χ1n) is 10.9. The van der Waals surface area contributed by atoms with Crippen molar-refractivity contribution >= 4 is 17.5 Å². The second-order valence-electron chi connectivity index (χ2n) is 8.23. The number of ether oxygens (including phenoxy) is 1. The molecule has 2 amide bonds. The maximum absolute atomic E-state index is 12.4. The number of para-hydroxylation sites is 1. The molecule has 0 bridgehead atoms. The second kappa shape index (κ2) is 9.94. The van der Waals surface area contributed by atoms with E-state index in [4.69, 9.17) is 4.74 Å². The summed E-state index contributed by atoms with van der Waals surface area (Å²) in [7, 11) is 1.66. The van der Waals surface area contributed by atoms with Crippen LogP contribution in [0.1, 0.15) is 24.8 Å². The van der Waals surface area contributed by atoms with Crippen LogP contribution in [0, 0.1) is 0 Å². The van der Waals surface area contributed by atoms with Crippen molar-refractivity contribution in [1.29, 1.82) is 0 Å². The second-order valence-corrected chi connectivity index (χ2v) is 8.23. The molecular formula is C24H30N4O3. The van der Waals surface area contributed by atoms with Crippen LogP contribution in [0.15, 0.2) is 54.6 Å². The maximum atomic E-state index is 12.4. The van der Waals surface area contributed by atoms with Crippen molar-refractivity contribution in [3.8, 4) is 5.75 Å². The Labute approximate surface area is 183 Å². The average molecular weight is 423 g/mol. The molecule has 0 radical (unpaired) electrons. The molecule has 0 unspecified atom stereocenters. The molecule has 7 heteroatoms. The fourth-order valence-corrected chi connectivity index (χ4v) is 4.44. The lowest BCUT2D eigenvalue weighted by Gasteiger charge is -2.37. The molecule has 3 atom stereocenters. The molecule has 2 aliphatic heterocycles. The van der Waals surface area contributed by atoms with Gasteiger partial charge in [0.05, 0.1) is 13.2 Å². The van der Waals surface area contributed by atoms with Crippen molar-refractivity contribution in [1.82, 2.24) is 15.5 Å². The lowest BCUT2D eigenvalue weighted by molar-refractivity contribution is -0.129. The average Bonchev–Trinajstić information content (AvgIpc) is 3.24. The Balaban J connectivity index is 1.28. The number of hydrogen-bond acceptors (Lipinski definition) is 5. The molecule has 7 nitrogen and oxygen atoms in total. The molecule has 31 heavy (non-hydrogen) atoms. The third kappa shape index (κ3) is 5.42. The number of benzene rings is 2. The SMILES string of the molecule is COc1ccc(CN[C@H]2C[C@H]3C(=O)NC[C@@H](CCC(=O)Nc4ccccc4)N3C2)cc1. The summed E-state index contributed by atoms with van der Waals surface area (Å²) in [4.78, 5) is 27.0. The topological polar surface area (TPSA) is 82.7 Å². The summed E-state index contributed by atoms with van der Waals surface area (Å²) in [6.45, 7) is 2.17. The van der Waals surface area contributed by atoms with E-state index >= 15 is 0 Å². The van der Waals surface area contributed by atoms with E-state index in [1.165, 1.54) is 5.56 Å². The molecule has 2 heterocycles. The van der Waals surface area contributed by atoms with Crippen LogP contribution in [-0.4, -0.2) is 55.0 Å². The van der Waals surface area contributed by atoms with Crippen molar-refractivity contribution in [2.24, 2.45) is 0 Å². The van der Waals surface area contributed by atoms with Gasteiger partial charge in [-0.25, -0.2) is 0 Å². The molecule has 0 aromatic heterocycles.